The highest BCUT2D eigenvalue weighted by Crippen LogP contribution is 2.24. The molecule has 5 heteroatoms. The van der Waals surface area contributed by atoms with E-state index in [1.54, 1.807) is 7.11 Å². The third kappa shape index (κ3) is 4.42. The van der Waals surface area contributed by atoms with E-state index in [9.17, 15) is 0 Å². The maximum Gasteiger partial charge on any atom is 0.246 e. The Labute approximate surface area is 154 Å². The molecule has 136 valence electrons. The van der Waals surface area contributed by atoms with Crippen LogP contribution in [0.2, 0.25) is 0 Å². The molecule has 0 amide bonds. The molecule has 0 saturated carbocycles. The molecule has 0 spiro atoms. The van der Waals surface area contributed by atoms with Crippen LogP contribution in [0.1, 0.15) is 43.6 Å². The van der Waals surface area contributed by atoms with Crippen molar-refractivity contribution in [3.05, 3.63) is 65.5 Å². The van der Waals surface area contributed by atoms with Gasteiger partial charge in [0.05, 0.1) is 7.11 Å². The Morgan fingerprint density at radius 1 is 1.00 bits per heavy atom. The van der Waals surface area contributed by atoms with Crippen molar-refractivity contribution in [2.45, 2.75) is 33.1 Å². The molecule has 26 heavy (non-hydrogen) atoms. The molecule has 2 N–H and O–H groups in total. The van der Waals surface area contributed by atoms with Crippen molar-refractivity contribution in [3.8, 4) is 5.75 Å². The summed E-state index contributed by atoms with van der Waals surface area (Å²) in [5.41, 5.74) is 3.52. The van der Waals surface area contributed by atoms with E-state index in [1.165, 1.54) is 11.1 Å². The predicted molar refractivity (Wildman–Crippen MR) is 105 cm³/mol. The molecule has 1 aromatic heterocycles. The van der Waals surface area contributed by atoms with E-state index in [4.69, 9.17) is 4.74 Å². The monoisotopic (exact) mass is 350 g/mol. The van der Waals surface area contributed by atoms with E-state index < -0.39 is 0 Å². The number of hydrogen-bond acceptors (Lipinski definition) is 4. The van der Waals surface area contributed by atoms with E-state index >= 15 is 0 Å². The lowest BCUT2D eigenvalue weighted by Crippen LogP contribution is -2.00. The van der Waals surface area contributed by atoms with Crippen LogP contribution in [-0.4, -0.2) is 22.3 Å². The van der Waals surface area contributed by atoms with Gasteiger partial charge in [-0.15, -0.1) is 5.10 Å². The zero-order valence-electron chi connectivity index (χ0n) is 15.8. The Balaban J connectivity index is 1.67. The van der Waals surface area contributed by atoms with Crippen molar-refractivity contribution in [2.75, 3.05) is 12.4 Å². The maximum atomic E-state index is 5.17. The quantitative estimate of drug-likeness (QED) is 0.636. The first kappa shape index (κ1) is 18.0. The minimum Gasteiger partial charge on any atom is -0.497 e. The van der Waals surface area contributed by atoms with E-state index in [0.717, 1.165) is 23.7 Å². The Morgan fingerprint density at radius 3 is 2.31 bits per heavy atom. The van der Waals surface area contributed by atoms with Crippen molar-refractivity contribution in [2.24, 2.45) is 5.92 Å². The average Bonchev–Trinajstić information content (AvgIpc) is 3.10. The Morgan fingerprint density at radius 2 is 1.69 bits per heavy atom. The summed E-state index contributed by atoms with van der Waals surface area (Å²) in [5.74, 6) is 3.05. The molecule has 1 unspecified atom stereocenters. The number of benzene rings is 2. The average molecular weight is 350 g/mol. The summed E-state index contributed by atoms with van der Waals surface area (Å²) in [7, 11) is 1.65. The normalized spacial score (nSPS) is 12.2. The number of aromatic nitrogens is 3. The van der Waals surface area contributed by atoms with Gasteiger partial charge < -0.3 is 10.1 Å². The zero-order valence-corrected chi connectivity index (χ0v) is 15.8. The van der Waals surface area contributed by atoms with Crippen LogP contribution in [0, 0.1) is 5.92 Å². The third-order valence-corrected chi connectivity index (χ3v) is 4.38. The van der Waals surface area contributed by atoms with Gasteiger partial charge in [0.25, 0.3) is 0 Å². The first-order valence-electron chi connectivity index (χ1n) is 8.97. The Kier molecular flexibility index (Phi) is 5.56. The minimum absolute atomic E-state index is 0.155. The van der Waals surface area contributed by atoms with Crippen molar-refractivity contribution in [1.82, 2.24) is 15.2 Å². The van der Waals surface area contributed by atoms with Crippen molar-refractivity contribution in [1.29, 1.82) is 0 Å². The predicted octanol–water partition coefficient (Wildman–Crippen LogP) is 4.91. The highest BCUT2D eigenvalue weighted by molar-refractivity contribution is 5.54. The van der Waals surface area contributed by atoms with E-state index in [1.807, 2.05) is 24.3 Å². The molecule has 1 heterocycles. The standard InChI is InChI=1S/C21H26N4O/c1-14(2)13-16-5-7-17(8-6-16)15(3)20-23-21(25-24-20)22-18-9-11-19(26-4)12-10-18/h5-12,14-15H,13H2,1-4H3,(H2,22,23,24,25). The first-order valence-corrected chi connectivity index (χ1v) is 8.97. The van der Waals surface area contributed by atoms with Gasteiger partial charge in [-0.3, -0.25) is 5.10 Å². The number of nitrogens with zero attached hydrogens (tertiary/aromatic N) is 2. The van der Waals surface area contributed by atoms with Gasteiger partial charge in [0.15, 0.2) is 0 Å². The highest BCUT2D eigenvalue weighted by atomic mass is 16.5. The Bertz CT molecular complexity index is 822. The SMILES string of the molecule is COc1ccc(Nc2n[nH]c(C(C)c3ccc(CC(C)C)cc3)n2)cc1. The second-order valence-electron chi connectivity index (χ2n) is 6.96. The van der Waals surface area contributed by atoms with Crippen molar-refractivity contribution >= 4 is 11.6 Å². The molecular formula is C21H26N4O. The lowest BCUT2D eigenvalue weighted by atomic mass is 9.96. The lowest BCUT2D eigenvalue weighted by Gasteiger charge is -2.10. The fourth-order valence-electron chi connectivity index (χ4n) is 2.90. The zero-order chi connectivity index (χ0) is 18.5. The van der Waals surface area contributed by atoms with Crippen LogP contribution in [0.3, 0.4) is 0 Å². The van der Waals surface area contributed by atoms with Gasteiger partial charge in [-0.25, -0.2) is 0 Å². The van der Waals surface area contributed by atoms with Crippen LogP contribution in [-0.2, 0) is 6.42 Å². The molecule has 0 bridgehead atoms. The molecule has 3 rings (SSSR count). The van der Waals surface area contributed by atoms with Gasteiger partial charge in [-0.1, -0.05) is 45.0 Å². The molecule has 2 aromatic carbocycles. The highest BCUT2D eigenvalue weighted by Gasteiger charge is 2.14. The van der Waals surface area contributed by atoms with Gasteiger partial charge in [0, 0.05) is 11.6 Å². The van der Waals surface area contributed by atoms with Gasteiger partial charge in [-0.2, -0.15) is 4.98 Å². The molecule has 0 aliphatic heterocycles. The molecule has 5 nitrogen and oxygen atoms in total. The summed E-state index contributed by atoms with van der Waals surface area (Å²) in [6, 6.07) is 16.5. The summed E-state index contributed by atoms with van der Waals surface area (Å²) in [4.78, 5) is 4.59. The van der Waals surface area contributed by atoms with Crippen LogP contribution < -0.4 is 10.1 Å². The summed E-state index contributed by atoms with van der Waals surface area (Å²) >= 11 is 0. The number of hydrogen-bond donors (Lipinski definition) is 2. The number of anilines is 2. The number of ether oxygens (including phenoxy) is 1. The van der Waals surface area contributed by atoms with Crippen molar-refractivity contribution < 1.29 is 4.74 Å². The number of nitrogens with one attached hydrogen (secondary N) is 2. The van der Waals surface area contributed by atoms with Crippen LogP contribution in [0.4, 0.5) is 11.6 Å². The van der Waals surface area contributed by atoms with Gasteiger partial charge >= 0.3 is 0 Å². The van der Waals surface area contributed by atoms with E-state index in [2.05, 4.69) is 65.5 Å². The smallest absolute Gasteiger partial charge is 0.246 e. The van der Waals surface area contributed by atoms with Gasteiger partial charge in [-0.05, 0) is 47.7 Å². The number of aromatic amines is 1. The molecule has 0 aliphatic carbocycles. The summed E-state index contributed by atoms with van der Waals surface area (Å²) in [6.07, 6.45) is 1.10. The van der Waals surface area contributed by atoms with Gasteiger partial charge in [0.1, 0.15) is 11.6 Å². The van der Waals surface area contributed by atoms with Crippen LogP contribution in [0.5, 0.6) is 5.75 Å². The van der Waals surface area contributed by atoms with Crippen molar-refractivity contribution in [3.63, 3.8) is 0 Å². The van der Waals surface area contributed by atoms with E-state index in [-0.39, 0.29) is 5.92 Å². The molecule has 0 aliphatic rings. The summed E-state index contributed by atoms with van der Waals surface area (Å²) in [6.45, 7) is 6.61. The number of methoxy groups -OCH3 is 1. The topological polar surface area (TPSA) is 62.8 Å². The molecule has 0 saturated heterocycles. The second-order valence-corrected chi connectivity index (χ2v) is 6.96. The third-order valence-electron chi connectivity index (χ3n) is 4.38. The molecule has 1 atom stereocenters. The fourth-order valence-corrected chi connectivity index (χ4v) is 2.90. The molecule has 0 radical (unpaired) electrons. The molecule has 3 aromatic rings. The number of rotatable bonds is 7. The van der Waals surface area contributed by atoms with E-state index in [0.29, 0.717) is 11.9 Å². The largest absolute Gasteiger partial charge is 0.497 e. The Hall–Kier alpha value is -2.82. The van der Waals surface area contributed by atoms with Crippen LogP contribution in [0.15, 0.2) is 48.5 Å². The molecular weight excluding hydrogens is 324 g/mol. The molecule has 0 fully saturated rings. The summed E-state index contributed by atoms with van der Waals surface area (Å²) in [5, 5.41) is 10.5. The minimum atomic E-state index is 0.155. The van der Waals surface area contributed by atoms with Crippen LogP contribution in [0.25, 0.3) is 0 Å². The second kappa shape index (κ2) is 8.04. The fraction of sp³-hybridized carbons (Fsp3) is 0.333. The first-order chi connectivity index (χ1) is 12.5. The number of H-pyrrole nitrogens is 1. The lowest BCUT2D eigenvalue weighted by molar-refractivity contribution is 0.415. The van der Waals surface area contributed by atoms with Crippen LogP contribution >= 0.6 is 0 Å². The van der Waals surface area contributed by atoms with Gasteiger partial charge in [0.2, 0.25) is 5.95 Å². The summed E-state index contributed by atoms with van der Waals surface area (Å²) < 4.78 is 5.17. The maximum absolute atomic E-state index is 5.17.